The lowest BCUT2D eigenvalue weighted by molar-refractivity contribution is 0.784. The van der Waals surface area contributed by atoms with Crippen LogP contribution in [-0.4, -0.2) is 6.54 Å². The molecule has 0 atom stereocenters. The van der Waals surface area contributed by atoms with Crippen LogP contribution in [0, 0.1) is 34.0 Å². The lowest BCUT2D eigenvalue weighted by Gasteiger charge is -2.06. The number of benzene rings is 1. The SMILES string of the molecule is N#CCCCCNc1ccc(C#N)c(C#N)c1. The van der Waals surface area contributed by atoms with Crippen molar-refractivity contribution in [2.24, 2.45) is 0 Å². The topological polar surface area (TPSA) is 83.4 Å². The van der Waals surface area contributed by atoms with Crippen molar-refractivity contribution < 1.29 is 0 Å². The molecule has 4 nitrogen and oxygen atoms in total. The molecule has 0 amide bonds. The highest BCUT2D eigenvalue weighted by Crippen LogP contribution is 2.14. The van der Waals surface area contributed by atoms with Crippen molar-refractivity contribution in [2.75, 3.05) is 11.9 Å². The molecule has 0 aliphatic rings. The molecule has 0 saturated carbocycles. The van der Waals surface area contributed by atoms with E-state index in [9.17, 15) is 0 Å². The second kappa shape index (κ2) is 6.88. The molecule has 17 heavy (non-hydrogen) atoms. The Morgan fingerprint density at radius 1 is 1.00 bits per heavy atom. The van der Waals surface area contributed by atoms with Crippen molar-refractivity contribution in [1.29, 1.82) is 15.8 Å². The molecule has 0 fully saturated rings. The van der Waals surface area contributed by atoms with Crippen LogP contribution in [0.2, 0.25) is 0 Å². The number of unbranched alkanes of at least 4 members (excludes halogenated alkanes) is 2. The van der Waals surface area contributed by atoms with Crippen molar-refractivity contribution in [1.82, 2.24) is 0 Å². The van der Waals surface area contributed by atoms with Gasteiger partial charge in [0, 0.05) is 18.7 Å². The van der Waals surface area contributed by atoms with E-state index in [0.29, 0.717) is 17.5 Å². The summed E-state index contributed by atoms with van der Waals surface area (Å²) in [5.41, 5.74) is 1.61. The minimum atomic E-state index is 0.384. The molecular formula is C13H12N4. The van der Waals surface area contributed by atoms with Gasteiger partial charge in [0.15, 0.2) is 0 Å². The van der Waals surface area contributed by atoms with Crippen LogP contribution in [0.15, 0.2) is 18.2 Å². The normalized spacial score (nSPS) is 8.76. The van der Waals surface area contributed by atoms with Gasteiger partial charge >= 0.3 is 0 Å². The lowest BCUT2D eigenvalue weighted by atomic mass is 10.1. The van der Waals surface area contributed by atoms with Crippen molar-refractivity contribution in [3.63, 3.8) is 0 Å². The summed E-state index contributed by atoms with van der Waals surface area (Å²) in [6.45, 7) is 0.762. The van der Waals surface area contributed by atoms with Gasteiger partial charge in [-0.3, -0.25) is 0 Å². The van der Waals surface area contributed by atoms with Crippen molar-refractivity contribution in [3.8, 4) is 18.2 Å². The molecule has 0 saturated heterocycles. The van der Waals surface area contributed by atoms with Gasteiger partial charge in [-0.15, -0.1) is 0 Å². The maximum atomic E-state index is 8.85. The monoisotopic (exact) mass is 224 g/mol. The van der Waals surface area contributed by atoms with Gasteiger partial charge in [0.05, 0.1) is 17.2 Å². The Balaban J connectivity index is 2.54. The Morgan fingerprint density at radius 3 is 2.41 bits per heavy atom. The van der Waals surface area contributed by atoms with Crippen LogP contribution >= 0.6 is 0 Å². The number of nitrogens with one attached hydrogen (secondary N) is 1. The molecule has 0 bridgehead atoms. The van der Waals surface area contributed by atoms with Crippen LogP contribution in [0.4, 0.5) is 5.69 Å². The zero-order chi connectivity index (χ0) is 12.5. The first-order chi connectivity index (χ1) is 8.31. The van der Waals surface area contributed by atoms with Gasteiger partial charge in [0.2, 0.25) is 0 Å². The van der Waals surface area contributed by atoms with Gasteiger partial charge in [0.1, 0.15) is 12.1 Å². The number of nitriles is 3. The summed E-state index contributed by atoms with van der Waals surface area (Å²) in [6.07, 6.45) is 2.35. The number of nitrogens with zero attached hydrogens (tertiary/aromatic N) is 3. The van der Waals surface area contributed by atoms with E-state index < -0.39 is 0 Å². The molecule has 4 heteroatoms. The number of hydrogen-bond acceptors (Lipinski definition) is 4. The standard InChI is InChI=1S/C13H12N4/c14-6-2-1-3-7-17-13-5-4-11(9-15)12(8-13)10-16/h4-5,8,17H,1-3,7H2. The summed E-state index contributed by atoms with van der Waals surface area (Å²) in [7, 11) is 0. The summed E-state index contributed by atoms with van der Waals surface area (Å²) in [5.74, 6) is 0. The average molecular weight is 224 g/mol. The molecule has 0 unspecified atom stereocenters. The first-order valence-electron chi connectivity index (χ1n) is 5.37. The highest BCUT2D eigenvalue weighted by atomic mass is 14.9. The molecule has 0 heterocycles. The minimum absolute atomic E-state index is 0.384. The second-order valence-corrected chi connectivity index (χ2v) is 3.53. The summed E-state index contributed by atoms with van der Waals surface area (Å²) >= 11 is 0. The fraction of sp³-hybridized carbons (Fsp3) is 0.308. The van der Waals surface area contributed by atoms with E-state index in [2.05, 4.69) is 11.4 Å². The third-order valence-electron chi connectivity index (χ3n) is 2.30. The van der Waals surface area contributed by atoms with E-state index in [0.717, 1.165) is 25.1 Å². The molecule has 1 rings (SSSR count). The molecule has 0 radical (unpaired) electrons. The van der Waals surface area contributed by atoms with Crippen LogP contribution in [-0.2, 0) is 0 Å². The molecule has 84 valence electrons. The van der Waals surface area contributed by atoms with Crippen molar-refractivity contribution >= 4 is 5.69 Å². The molecule has 0 aliphatic carbocycles. The Labute approximate surface area is 101 Å². The van der Waals surface area contributed by atoms with Crippen LogP contribution < -0.4 is 5.32 Å². The van der Waals surface area contributed by atoms with E-state index in [1.807, 2.05) is 12.1 Å². The second-order valence-electron chi connectivity index (χ2n) is 3.53. The molecule has 1 N–H and O–H groups in total. The molecular weight excluding hydrogens is 212 g/mol. The quantitative estimate of drug-likeness (QED) is 0.779. The van der Waals surface area contributed by atoms with Crippen LogP contribution in [0.3, 0.4) is 0 Å². The first kappa shape index (κ1) is 12.6. The zero-order valence-electron chi connectivity index (χ0n) is 9.40. The van der Waals surface area contributed by atoms with Gasteiger partial charge < -0.3 is 5.32 Å². The largest absolute Gasteiger partial charge is 0.385 e. The van der Waals surface area contributed by atoms with Crippen LogP contribution in [0.1, 0.15) is 30.4 Å². The first-order valence-corrected chi connectivity index (χ1v) is 5.37. The van der Waals surface area contributed by atoms with Gasteiger partial charge in [-0.25, -0.2) is 0 Å². The van der Waals surface area contributed by atoms with Crippen molar-refractivity contribution in [2.45, 2.75) is 19.3 Å². The highest BCUT2D eigenvalue weighted by molar-refractivity contribution is 5.56. The third kappa shape index (κ3) is 3.86. The van der Waals surface area contributed by atoms with Gasteiger partial charge in [-0.2, -0.15) is 15.8 Å². The Hall–Kier alpha value is -2.51. The summed E-state index contributed by atoms with van der Waals surface area (Å²) in [5, 5.41) is 29.1. The maximum Gasteiger partial charge on any atom is 0.101 e. The van der Waals surface area contributed by atoms with E-state index in [4.69, 9.17) is 15.8 Å². The van der Waals surface area contributed by atoms with E-state index in [1.165, 1.54) is 0 Å². The van der Waals surface area contributed by atoms with Crippen LogP contribution in [0.25, 0.3) is 0 Å². The van der Waals surface area contributed by atoms with Crippen LogP contribution in [0.5, 0.6) is 0 Å². The van der Waals surface area contributed by atoms with E-state index in [-0.39, 0.29) is 0 Å². The number of rotatable bonds is 5. The lowest BCUT2D eigenvalue weighted by Crippen LogP contribution is -2.01. The smallest absolute Gasteiger partial charge is 0.101 e. The van der Waals surface area contributed by atoms with E-state index >= 15 is 0 Å². The molecule has 0 spiro atoms. The third-order valence-corrected chi connectivity index (χ3v) is 2.30. The molecule has 0 aromatic heterocycles. The minimum Gasteiger partial charge on any atom is -0.385 e. The van der Waals surface area contributed by atoms with Crippen molar-refractivity contribution in [3.05, 3.63) is 29.3 Å². The van der Waals surface area contributed by atoms with E-state index in [1.54, 1.807) is 18.2 Å². The average Bonchev–Trinajstić information content (AvgIpc) is 2.38. The number of hydrogen-bond donors (Lipinski definition) is 1. The summed E-state index contributed by atoms with van der Waals surface area (Å²) < 4.78 is 0. The number of anilines is 1. The zero-order valence-corrected chi connectivity index (χ0v) is 9.40. The Morgan fingerprint density at radius 2 is 1.76 bits per heavy atom. The Kier molecular flexibility index (Phi) is 5.08. The predicted octanol–water partition coefficient (Wildman–Crippen LogP) is 2.54. The fourth-order valence-corrected chi connectivity index (χ4v) is 1.41. The molecule has 1 aromatic carbocycles. The maximum absolute atomic E-state index is 8.85. The summed E-state index contributed by atoms with van der Waals surface area (Å²) in [6, 6.07) is 11.1. The fourth-order valence-electron chi connectivity index (χ4n) is 1.41. The highest BCUT2D eigenvalue weighted by Gasteiger charge is 2.02. The summed E-state index contributed by atoms with van der Waals surface area (Å²) in [4.78, 5) is 0. The van der Waals surface area contributed by atoms with Gasteiger partial charge in [-0.05, 0) is 31.0 Å². The van der Waals surface area contributed by atoms with Gasteiger partial charge in [0.25, 0.3) is 0 Å². The molecule has 1 aromatic rings. The molecule has 0 aliphatic heterocycles. The van der Waals surface area contributed by atoms with Gasteiger partial charge in [-0.1, -0.05) is 0 Å². The predicted molar refractivity (Wildman–Crippen MR) is 63.8 cm³/mol. The Bertz CT molecular complexity index is 500.